The fraction of sp³-hybridized carbons (Fsp3) is 0.625. The van der Waals surface area contributed by atoms with Crippen LogP contribution in [0.4, 0.5) is 0 Å². The highest BCUT2D eigenvalue weighted by Gasteiger charge is 2.69. The summed E-state index contributed by atoms with van der Waals surface area (Å²) in [6, 6.07) is 21.9. The SMILES string of the molecule is CC(C)(C)[Si](O[C@@H]1CCC[C@]2(C1)OOC1(O2)C2CC3CC1CC(Br)(C3)C2)(c1ccccc1)c1ccccc1. The van der Waals surface area contributed by atoms with E-state index in [4.69, 9.17) is 18.9 Å². The van der Waals surface area contributed by atoms with Crippen molar-refractivity contribution in [3.8, 4) is 0 Å². The Kier molecular flexibility index (Phi) is 6.13. The third-order valence-electron chi connectivity index (χ3n) is 10.3. The number of hydrogen-bond acceptors (Lipinski definition) is 4. The van der Waals surface area contributed by atoms with Crippen molar-refractivity contribution in [1.29, 1.82) is 0 Å². The van der Waals surface area contributed by atoms with Gasteiger partial charge < -0.3 is 9.16 Å². The van der Waals surface area contributed by atoms with Gasteiger partial charge in [-0.15, -0.1) is 0 Å². The molecule has 0 N–H and O–H groups in total. The highest BCUT2D eigenvalue weighted by Crippen LogP contribution is 2.67. The average Bonchev–Trinajstić information content (AvgIpc) is 3.24. The predicted octanol–water partition coefficient (Wildman–Crippen LogP) is 6.85. The first-order valence-electron chi connectivity index (χ1n) is 14.7. The quantitative estimate of drug-likeness (QED) is 0.220. The van der Waals surface area contributed by atoms with Crippen molar-refractivity contribution in [2.24, 2.45) is 17.8 Å². The smallest absolute Gasteiger partial charge is 0.261 e. The molecule has 2 aromatic rings. The van der Waals surface area contributed by atoms with Gasteiger partial charge in [-0.25, -0.2) is 0 Å². The van der Waals surface area contributed by atoms with Gasteiger partial charge in [0.15, 0.2) is 0 Å². The Morgan fingerprint density at radius 1 is 0.842 bits per heavy atom. The highest BCUT2D eigenvalue weighted by molar-refractivity contribution is 9.10. The van der Waals surface area contributed by atoms with E-state index in [1.54, 1.807) is 0 Å². The predicted molar refractivity (Wildman–Crippen MR) is 155 cm³/mol. The van der Waals surface area contributed by atoms with E-state index in [9.17, 15) is 0 Å². The molecule has 6 aliphatic rings. The van der Waals surface area contributed by atoms with Crippen LogP contribution in [0.5, 0.6) is 0 Å². The van der Waals surface area contributed by atoms with Crippen LogP contribution in [-0.2, 0) is 18.9 Å². The van der Waals surface area contributed by atoms with Crippen LogP contribution in [0, 0.1) is 17.8 Å². The van der Waals surface area contributed by atoms with E-state index in [1.165, 1.54) is 29.6 Å². The number of benzene rings is 2. The van der Waals surface area contributed by atoms with Crippen LogP contribution in [0.15, 0.2) is 60.7 Å². The summed E-state index contributed by atoms with van der Waals surface area (Å²) < 4.78 is 14.9. The fourth-order valence-corrected chi connectivity index (χ4v) is 14.9. The van der Waals surface area contributed by atoms with Gasteiger partial charge in [0, 0.05) is 29.0 Å². The van der Waals surface area contributed by atoms with Crippen LogP contribution in [-0.4, -0.2) is 30.3 Å². The van der Waals surface area contributed by atoms with E-state index < -0.39 is 19.9 Å². The van der Waals surface area contributed by atoms with Gasteiger partial charge in [-0.3, -0.25) is 0 Å². The summed E-state index contributed by atoms with van der Waals surface area (Å²) in [6.45, 7) is 7.05. The van der Waals surface area contributed by atoms with Gasteiger partial charge in [-0.2, -0.15) is 9.78 Å². The molecule has 38 heavy (non-hydrogen) atoms. The molecule has 1 heterocycles. The molecule has 5 aliphatic carbocycles. The number of hydrogen-bond donors (Lipinski definition) is 0. The van der Waals surface area contributed by atoms with E-state index in [2.05, 4.69) is 97.4 Å². The maximum atomic E-state index is 7.53. The van der Waals surface area contributed by atoms with Crippen molar-refractivity contribution >= 4 is 34.6 Å². The molecule has 204 valence electrons. The molecule has 0 aromatic heterocycles. The second-order valence-electron chi connectivity index (χ2n) is 13.9. The van der Waals surface area contributed by atoms with E-state index in [1.807, 2.05) is 0 Å². The largest absolute Gasteiger partial charge is 0.404 e. The van der Waals surface area contributed by atoms with Crippen LogP contribution in [0.2, 0.25) is 5.04 Å². The average molecular weight is 598 g/mol. The summed E-state index contributed by atoms with van der Waals surface area (Å²) in [5.41, 5.74) is 0. The number of rotatable bonds is 4. The van der Waals surface area contributed by atoms with E-state index in [0.29, 0.717) is 11.8 Å². The highest BCUT2D eigenvalue weighted by atomic mass is 79.9. The first-order chi connectivity index (χ1) is 18.2. The third-order valence-corrected chi connectivity index (χ3v) is 16.4. The summed E-state index contributed by atoms with van der Waals surface area (Å²) in [4.78, 5) is 12.7. The van der Waals surface area contributed by atoms with Gasteiger partial charge >= 0.3 is 0 Å². The molecule has 1 saturated heterocycles. The molecule has 2 unspecified atom stereocenters. The Labute approximate surface area is 237 Å². The summed E-state index contributed by atoms with van der Waals surface area (Å²) in [5, 5.41) is 2.59. The molecule has 0 amide bonds. The van der Waals surface area contributed by atoms with E-state index in [0.717, 1.165) is 44.4 Å². The molecular weight excluding hydrogens is 556 g/mol. The third kappa shape index (κ3) is 3.96. The van der Waals surface area contributed by atoms with Crippen molar-refractivity contribution in [1.82, 2.24) is 0 Å². The van der Waals surface area contributed by atoms with Gasteiger partial charge in [0.25, 0.3) is 8.32 Å². The van der Waals surface area contributed by atoms with Crippen molar-refractivity contribution in [2.45, 2.75) is 106 Å². The second-order valence-corrected chi connectivity index (χ2v) is 19.8. The minimum atomic E-state index is -2.65. The Morgan fingerprint density at radius 3 is 2.00 bits per heavy atom. The summed E-state index contributed by atoms with van der Waals surface area (Å²) in [5.74, 6) is 0.325. The first kappa shape index (κ1) is 25.9. The van der Waals surface area contributed by atoms with Crippen LogP contribution < -0.4 is 10.4 Å². The lowest BCUT2D eigenvalue weighted by molar-refractivity contribution is -0.389. The molecule has 4 nitrogen and oxygen atoms in total. The first-order valence-corrected chi connectivity index (χ1v) is 17.4. The van der Waals surface area contributed by atoms with Crippen LogP contribution in [0.3, 0.4) is 0 Å². The molecule has 6 heteroatoms. The van der Waals surface area contributed by atoms with Crippen LogP contribution >= 0.6 is 15.9 Å². The van der Waals surface area contributed by atoms with Gasteiger partial charge in [-0.05, 0) is 66.3 Å². The molecule has 2 aromatic carbocycles. The topological polar surface area (TPSA) is 36.9 Å². The van der Waals surface area contributed by atoms with Gasteiger partial charge in [0.1, 0.15) is 0 Å². The molecule has 5 saturated carbocycles. The molecule has 1 aliphatic heterocycles. The zero-order valence-electron chi connectivity index (χ0n) is 23.0. The van der Waals surface area contributed by atoms with Crippen molar-refractivity contribution in [3.63, 3.8) is 0 Å². The molecule has 0 radical (unpaired) electrons. The van der Waals surface area contributed by atoms with E-state index in [-0.39, 0.29) is 15.5 Å². The second kappa shape index (κ2) is 8.99. The zero-order valence-corrected chi connectivity index (χ0v) is 25.5. The maximum Gasteiger partial charge on any atom is 0.261 e. The molecule has 8 rings (SSSR count). The number of ether oxygens (including phenoxy) is 1. The Morgan fingerprint density at radius 2 is 1.45 bits per heavy atom. The van der Waals surface area contributed by atoms with Crippen molar-refractivity contribution in [3.05, 3.63) is 60.7 Å². The lowest BCUT2D eigenvalue weighted by Crippen LogP contribution is -2.68. The normalized spacial score (nSPS) is 40.3. The molecular formula is C32H41BrO4Si. The van der Waals surface area contributed by atoms with Gasteiger partial charge in [0.2, 0.25) is 11.6 Å². The molecule has 4 bridgehead atoms. The minimum absolute atomic E-state index is 0.0492. The van der Waals surface area contributed by atoms with Crippen LogP contribution in [0.25, 0.3) is 0 Å². The number of halogens is 1. The lowest BCUT2D eigenvalue weighted by atomic mass is 9.53. The zero-order chi connectivity index (χ0) is 26.2. The monoisotopic (exact) mass is 596 g/mol. The van der Waals surface area contributed by atoms with Gasteiger partial charge in [0.05, 0.1) is 6.10 Å². The van der Waals surface area contributed by atoms with Crippen molar-refractivity contribution in [2.75, 3.05) is 0 Å². The van der Waals surface area contributed by atoms with Gasteiger partial charge in [-0.1, -0.05) is 97.4 Å². The lowest BCUT2D eigenvalue weighted by Gasteiger charge is -2.60. The Bertz CT molecular complexity index is 1110. The molecule has 6 fully saturated rings. The Hall–Kier alpha value is -1.02. The maximum absolute atomic E-state index is 7.53. The van der Waals surface area contributed by atoms with Crippen molar-refractivity contribution < 1.29 is 18.9 Å². The number of alkyl halides is 1. The summed E-state index contributed by atoms with van der Waals surface area (Å²) in [7, 11) is -2.65. The minimum Gasteiger partial charge on any atom is -0.404 e. The molecule has 4 atom stereocenters. The summed E-state index contributed by atoms with van der Waals surface area (Å²) in [6.07, 6.45) is 9.64. The summed E-state index contributed by atoms with van der Waals surface area (Å²) >= 11 is 4.11. The molecule has 2 spiro atoms. The standard InChI is InChI=1S/C32H41BrO4Si/c1-29(2,3)38(27-12-6-4-7-13-27,28-14-8-5-9-15-28)34-26-11-10-16-31(22-26)35-32(37-36-31)24-17-23-18-25(32)21-30(33,19-23)20-24/h4-9,12-15,23-26H,10-11,16-22H2,1-3H3/t23?,24?,25?,26-,30?,31-,32?/m1/s1. The van der Waals surface area contributed by atoms with E-state index >= 15 is 0 Å². The Balaban J connectivity index is 1.20. The fourth-order valence-electron chi connectivity index (χ4n) is 8.96. The van der Waals surface area contributed by atoms with Crippen LogP contribution in [0.1, 0.15) is 78.6 Å².